The fraction of sp³-hybridized carbons (Fsp3) is 0.417. The summed E-state index contributed by atoms with van der Waals surface area (Å²) in [5.41, 5.74) is 0.739. The summed E-state index contributed by atoms with van der Waals surface area (Å²) in [5.74, 6) is -0.671. The van der Waals surface area contributed by atoms with Gasteiger partial charge in [0, 0.05) is 17.6 Å². The van der Waals surface area contributed by atoms with E-state index in [1.807, 2.05) is 0 Å². The van der Waals surface area contributed by atoms with Gasteiger partial charge >= 0.3 is 5.97 Å². The lowest BCUT2D eigenvalue weighted by Crippen LogP contribution is -2.35. The minimum atomic E-state index is -3.18. The molecule has 0 spiro atoms. The van der Waals surface area contributed by atoms with E-state index in [4.69, 9.17) is 16.3 Å². The number of anilines is 1. The lowest BCUT2D eigenvalue weighted by Gasteiger charge is -2.20. The van der Waals surface area contributed by atoms with Crippen LogP contribution in [0.3, 0.4) is 0 Å². The molecule has 7 heteroatoms. The van der Waals surface area contributed by atoms with Crippen LogP contribution in [0.2, 0.25) is 5.02 Å². The SMILES string of the molecule is CC(=O)OC1CS(=O)(=O)CC1Nc1ccc(Cl)cc1. The summed E-state index contributed by atoms with van der Waals surface area (Å²) in [6.45, 7) is 1.27. The molecule has 104 valence electrons. The molecule has 1 saturated heterocycles. The lowest BCUT2D eigenvalue weighted by molar-refractivity contribution is -0.145. The van der Waals surface area contributed by atoms with Crippen molar-refractivity contribution in [2.75, 3.05) is 16.8 Å². The monoisotopic (exact) mass is 303 g/mol. The zero-order valence-corrected chi connectivity index (χ0v) is 11.9. The van der Waals surface area contributed by atoms with Crippen molar-refractivity contribution in [2.24, 2.45) is 0 Å². The summed E-state index contributed by atoms with van der Waals surface area (Å²) in [6, 6.07) is 6.47. The topological polar surface area (TPSA) is 72.5 Å². The number of nitrogens with one attached hydrogen (secondary N) is 1. The molecule has 1 aliphatic heterocycles. The summed E-state index contributed by atoms with van der Waals surface area (Å²) in [5, 5.41) is 3.66. The van der Waals surface area contributed by atoms with E-state index in [0.717, 1.165) is 5.69 Å². The van der Waals surface area contributed by atoms with E-state index < -0.39 is 28.0 Å². The van der Waals surface area contributed by atoms with Gasteiger partial charge in [-0.05, 0) is 24.3 Å². The molecule has 0 bridgehead atoms. The highest BCUT2D eigenvalue weighted by Crippen LogP contribution is 2.21. The Morgan fingerprint density at radius 2 is 1.95 bits per heavy atom. The second kappa shape index (κ2) is 5.38. The summed E-state index contributed by atoms with van der Waals surface area (Å²) < 4.78 is 28.3. The standard InChI is InChI=1S/C12H14ClNO4S/c1-8(15)18-12-7-19(16,17)6-11(12)14-10-4-2-9(13)3-5-10/h2-5,11-12,14H,6-7H2,1H3. The maximum absolute atomic E-state index is 11.6. The molecule has 19 heavy (non-hydrogen) atoms. The average molecular weight is 304 g/mol. The van der Waals surface area contributed by atoms with Gasteiger partial charge in [0.2, 0.25) is 0 Å². The zero-order chi connectivity index (χ0) is 14.0. The maximum Gasteiger partial charge on any atom is 0.303 e. The highest BCUT2D eigenvalue weighted by atomic mass is 35.5. The molecular weight excluding hydrogens is 290 g/mol. The first kappa shape index (κ1) is 14.1. The third kappa shape index (κ3) is 3.84. The molecule has 0 amide bonds. The number of esters is 1. The number of benzene rings is 1. The van der Waals surface area contributed by atoms with E-state index >= 15 is 0 Å². The normalized spacial score (nSPS) is 24.9. The van der Waals surface area contributed by atoms with Gasteiger partial charge in [-0.3, -0.25) is 4.79 Å². The molecule has 0 aliphatic carbocycles. The van der Waals surface area contributed by atoms with Crippen LogP contribution in [0.25, 0.3) is 0 Å². The van der Waals surface area contributed by atoms with E-state index in [1.165, 1.54) is 6.92 Å². The molecule has 5 nitrogen and oxygen atoms in total. The maximum atomic E-state index is 11.6. The fourth-order valence-electron chi connectivity index (χ4n) is 2.04. The Balaban J connectivity index is 2.12. The fourth-order valence-corrected chi connectivity index (χ4v) is 3.95. The number of ether oxygens (including phenoxy) is 1. The first-order chi connectivity index (χ1) is 8.85. The Hall–Kier alpha value is -1.27. The molecular formula is C12H14ClNO4S. The molecule has 2 atom stereocenters. The smallest absolute Gasteiger partial charge is 0.303 e. The molecule has 1 fully saturated rings. The highest BCUT2D eigenvalue weighted by Gasteiger charge is 2.39. The Bertz CT molecular complexity index is 570. The number of hydrogen-bond donors (Lipinski definition) is 1. The van der Waals surface area contributed by atoms with Crippen LogP contribution in [0, 0.1) is 0 Å². The van der Waals surface area contributed by atoms with Crippen LogP contribution in [-0.2, 0) is 19.4 Å². The average Bonchev–Trinajstić information content (AvgIpc) is 2.55. The Labute approximate surface area is 116 Å². The van der Waals surface area contributed by atoms with Crippen molar-refractivity contribution in [3.63, 3.8) is 0 Å². The summed E-state index contributed by atoms with van der Waals surface area (Å²) in [4.78, 5) is 11.0. The van der Waals surface area contributed by atoms with Crippen molar-refractivity contribution in [2.45, 2.75) is 19.1 Å². The van der Waals surface area contributed by atoms with Crippen LogP contribution in [0.1, 0.15) is 6.92 Å². The number of carbonyl (C=O) groups is 1. The van der Waals surface area contributed by atoms with Crippen LogP contribution in [0.5, 0.6) is 0 Å². The van der Waals surface area contributed by atoms with Crippen molar-refractivity contribution < 1.29 is 17.9 Å². The molecule has 1 N–H and O–H groups in total. The first-order valence-electron chi connectivity index (χ1n) is 5.75. The van der Waals surface area contributed by atoms with E-state index in [0.29, 0.717) is 5.02 Å². The molecule has 2 rings (SSSR count). The highest BCUT2D eigenvalue weighted by molar-refractivity contribution is 7.91. The van der Waals surface area contributed by atoms with Gasteiger partial charge in [0.25, 0.3) is 0 Å². The van der Waals surface area contributed by atoms with E-state index in [9.17, 15) is 13.2 Å². The van der Waals surface area contributed by atoms with E-state index in [1.54, 1.807) is 24.3 Å². The predicted molar refractivity (Wildman–Crippen MR) is 73.1 cm³/mol. The largest absolute Gasteiger partial charge is 0.459 e. The molecule has 0 aromatic heterocycles. The molecule has 2 unspecified atom stereocenters. The van der Waals surface area contributed by atoms with Gasteiger partial charge in [0.05, 0.1) is 17.5 Å². The van der Waals surface area contributed by atoms with Gasteiger partial charge in [-0.2, -0.15) is 0 Å². The summed E-state index contributed by atoms with van der Waals surface area (Å²) >= 11 is 5.78. The molecule has 1 heterocycles. The number of sulfone groups is 1. The lowest BCUT2D eigenvalue weighted by atomic mass is 10.2. The summed E-state index contributed by atoms with van der Waals surface area (Å²) in [6.07, 6.45) is -0.654. The van der Waals surface area contributed by atoms with Crippen molar-refractivity contribution in [1.29, 1.82) is 0 Å². The molecule has 1 aromatic rings. The number of rotatable bonds is 3. The van der Waals surface area contributed by atoms with Gasteiger partial charge in [0.1, 0.15) is 6.10 Å². The van der Waals surface area contributed by atoms with Crippen LogP contribution in [-0.4, -0.2) is 38.0 Å². The van der Waals surface area contributed by atoms with Crippen molar-refractivity contribution in [3.8, 4) is 0 Å². The Morgan fingerprint density at radius 1 is 1.32 bits per heavy atom. The van der Waals surface area contributed by atoms with Crippen LogP contribution in [0.15, 0.2) is 24.3 Å². The second-order valence-corrected chi connectivity index (χ2v) is 7.07. The third-order valence-corrected chi connectivity index (χ3v) is 4.77. The third-order valence-electron chi connectivity index (χ3n) is 2.81. The van der Waals surface area contributed by atoms with Gasteiger partial charge in [-0.1, -0.05) is 11.6 Å². The van der Waals surface area contributed by atoms with Crippen LogP contribution < -0.4 is 5.32 Å². The summed E-state index contributed by atoms with van der Waals surface area (Å²) in [7, 11) is -3.18. The molecule has 1 aromatic carbocycles. The quantitative estimate of drug-likeness (QED) is 0.856. The molecule has 1 aliphatic rings. The van der Waals surface area contributed by atoms with Gasteiger partial charge in [0.15, 0.2) is 9.84 Å². The van der Waals surface area contributed by atoms with Gasteiger partial charge in [-0.25, -0.2) is 8.42 Å². The Kier molecular flexibility index (Phi) is 4.01. The van der Waals surface area contributed by atoms with Crippen LogP contribution >= 0.6 is 11.6 Å². The van der Waals surface area contributed by atoms with Crippen molar-refractivity contribution >= 4 is 33.1 Å². The van der Waals surface area contributed by atoms with Crippen LogP contribution in [0.4, 0.5) is 5.69 Å². The van der Waals surface area contributed by atoms with E-state index in [-0.39, 0.29) is 11.5 Å². The van der Waals surface area contributed by atoms with Crippen molar-refractivity contribution in [1.82, 2.24) is 0 Å². The first-order valence-corrected chi connectivity index (χ1v) is 7.95. The van der Waals surface area contributed by atoms with Gasteiger partial charge in [-0.15, -0.1) is 0 Å². The van der Waals surface area contributed by atoms with Gasteiger partial charge < -0.3 is 10.1 Å². The molecule has 0 saturated carbocycles. The Morgan fingerprint density at radius 3 is 2.53 bits per heavy atom. The van der Waals surface area contributed by atoms with E-state index in [2.05, 4.69) is 5.32 Å². The number of halogens is 1. The van der Waals surface area contributed by atoms with Crippen molar-refractivity contribution in [3.05, 3.63) is 29.3 Å². The minimum Gasteiger partial charge on any atom is -0.459 e. The molecule has 0 radical (unpaired) electrons. The number of hydrogen-bond acceptors (Lipinski definition) is 5. The zero-order valence-electron chi connectivity index (χ0n) is 10.3. The number of carbonyl (C=O) groups excluding carboxylic acids is 1. The second-order valence-electron chi connectivity index (χ2n) is 4.48. The minimum absolute atomic E-state index is 0.0480. The predicted octanol–water partition coefficient (Wildman–Crippen LogP) is 1.48.